The van der Waals surface area contributed by atoms with Crippen molar-refractivity contribution >= 4 is 5.97 Å². The largest absolute Gasteiger partial charge is 0.493 e. The molecular formula is C17H18O4. The van der Waals surface area contributed by atoms with E-state index in [1.807, 2.05) is 48.5 Å². The summed E-state index contributed by atoms with van der Waals surface area (Å²) in [7, 11) is 1.58. The lowest BCUT2D eigenvalue weighted by atomic mass is 10.1. The minimum Gasteiger partial charge on any atom is -0.493 e. The van der Waals surface area contributed by atoms with Crippen LogP contribution in [0.3, 0.4) is 0 Å². The number of aryl methyl sites for hydroxylation is 1. The Labute approximate surface area is 123 Å². The van der Waals surface area contributed by atoms with Gasteiger partial charge < -0.3 is 14.6 Å². The molecule has 2 rings (SSSR count). The first-order chi connectivity index (χ1) is 10.2. The van der Waals surface area contributed by atoms with Crippen molar-refractivity contribution in [2.24, 2.45) is 0 Å². The Morgan fingerprint density at radius 3 is 2.48 bits per heavy atom. The highest BCUT2D eigenvalue weighted by molar-refractivity contribution is 5.67. The molecule has 0 bridgehead atoms. The maximum absolute atomic E-state index is 10.6. The fraction of sp³-hybridized carbons (Fsp3) is 0.235. The van der Waals surface area contributed by atoms with Gasteiger partial charge in [0.1, 0.15) is 6.61 Å². The molecule has 1 N–H and O–H groups in total. The van der Waals surface area contributed by atoms with Gasteiger partial charge in [-0.2, -0.15) is 0 Å². The summed E-state index contributed by atoms with van der Waals surface area (Å²) in [5, 5.41) is 8.71. The molecule has 0 amide bonds. The molecule has 0 heterocycles. The van der Waals surface area contributed by atoms with Crippen LogP contribution in [0.2, 0.25) is 0 Å². The molecule has 110 valence electrons. The van der Waals surface area contributed by atoms with Gasteiger partial charge in [-0.05, 0) is 29.7 Å². The van der Waals surface area contributed by atoms with E-state index in [1.54, 1.807) is 7.11 Å². The quantitative estimate of drug-likeness (QED) is 0.848. The lowest BCUT2D eigenvalue weighted by Gasteiger charge is -2.12. The molecule has 0 aliphatic rings. The first-order valence-corrected chi connectivity index (χ1v) is 6.74. The highest BCUT2D eigenvalue weighted by Crippen LogP contribution is 2.29. The van der Waals surface area contributed by atoms with Crippen molar-refractivity contribution < 1.29 is 19.4 Å². The number of benzene rings is 2. The van der Waals surface area contributed by atoms with Crippen molar-refractivity contribution in [2.45, 2.75) is 19.4 Å². The molecule has 4 heteroatoms. The van der Waals surface area contributed by atoms with Crippen LogP contribution in [0, 0.1) is 0 Å². The number of hydrogen-bond donors (Lipinski definition) is 1. The number of carboxylic acids is 1. The summed E-state index contributed by atoms with van der Waals surface area (Å²) >= 11 is 0. The Morgan fingerprint density at radius 1 is 1.05 bits per heavy atom. The molecule has 0 aromatic heterocycles. The monoisotopic (exact) mass is 286 g/mol. The van der Waals surface area contributed by atoms with E-state index in [2.05, 4.69) is 0 Å². The number of carbonyl (C=O) groups is 1. The number of rotatable bonds is 7. The number of ether oxygens (including phenoxy) is 2. The fourth-order valence-electron chi connectivity index (χ4n) is 1.97. The third kappa shape index (κ3) is 4.53. The molecule has 0 saturated heterocycles. The average Bonchev–Trinajstić information content (AvgIpc) is 2.52. The normalized spacial score (nSPS) is 10.1. The van der Waals surface area contributed by atoms with E-state index in [4.69, 9.17) is 14.6 Å². The molecular weight excluding hydrogens is 268 g/mol. The number of hydrogen-bond acceptors (Lipinski definition) is 3. The minimum absolute atomic E-state index is 0.105. The summed E-state index contributed by atoms with van der Waals surface area (Å²) in [6, 6.07) is 15.4. The third-order valence-corrected chi connectivity index (χ3v) is 3.09. The SMILES string of the molecule is COc1cc(CCC(=O)O)ccc1OCc1ccccc1. The van der Waals surface area contributed by atoms with E-state index in [0.29, 0.717) is 24.5 Å². The van der Waals surface area contributed by atoms with Gasteiger partial charge in [-0.1, -0.05) is 36.4 Å². The molecule has 2 aromatic carbocycles. The lowest BCUT2D eigenvalue weighted by Crippen LogP contribution is -2.00. The van der Waals surface area contributed by atoms with Crippen LogP contribution in [-0.4, -0.2) is 18.2 Å². The molecule has 0 aliphatic carbocycles. The molecule has 0 radical (unpaired) electrons. The fourth-order valence-corrected chi connectivity index (χ4v) is 1.97. The van der Waals surface area contributed by atoms with E-state index < -0.39 is 5.97 Å². The summed E-state index contributed by atoms with van der Waals surface area (Å²) in [5.74, 6) is 0.465. The Morgan fingerprint density at radius 2 is 1.81 bits per heavy atom. The van der Waals surface area contributed by atoms with Crippen molar-refractivity contribution in [3.05, 3.63) is 59.7 Å². The van der Waals surface area contributed by atoms with Gasteiger partial charge in [0.25, 0.3) is 0 Å². The van der Waals surface area contributed by atoms with Crippen molar-refractivity contribution in [2.75, 3.05) is 7.11 Å². The van der Waals surface area contributed by atoms with Gasteiger partial charge in [-0.15, -0.1) is 0 Å². The van der Waals surface area contributed by atoms with Crippen LogP contribution >= 0.6 is 0 Å². The van der Waals surface area contributed by atoms with Crippen LogP contribution in [0.25, 0.3) is 0 Å². The Kier molecular flexibility index (Phi) is 5.21. The summed E-state index contributed by atoms with van der Waals surface area (Å²) in [6.07, 6.45) is 0.581. The molecule has 0 atom stereocenters. The highest BCUT2D eigenvalue weighted by atomic mass is 16.5. The number of aliphatic carboxylic acids is 1. The highest BCUT2D eigenvalue weighted by Gasteiger charge is 2.07. The van der Waals surface area contributed by atoms with E-state index >= 15 is 0 Å². The maximum atomic E-state index is 10.6. The molecule has 2 aromatic rings. The molecule has 0 fully saturated rings. The van der Waals surface area contributed by atoms with Gasteiger partial charge in [-0.3, -0.25) is 4.79 Å². The molecule has 0 unspecified atom stereocenters. The minimum atomic E-state index is -0.807. The van der Waals surface area contributed by atoms with Gasteiger partial charge in [0.15, 0.2) is 11.5 Å². The van der Waals surface area contributed by atoms with Gasteiger partial charge >= 0.3 is 5.97 Å². The summed E-state index contributed by atoms with van der Waals surface area (Å²) < 4.78 is 11.1. The lowest BCUT2D eigenvalue weighted by molar-refractivity contribution is -0.136. The first kappa shape index (κ1) is 14.9. The van der Waals surface area contributed by atoms with E-state index in [1.165, 1.54) is 0 Å². The smallest absolute Gasteiger partial charge is 0.303 e. The number of methoxy groups -OCH3 is 1. The van der Waals surface area contributed by atoms with Crippen LogP contribution in [-0.2, 0) is 17.8 Å². The van der Waals surface area contributed by atoms with E-state index in [-0.39, 0.29) is 6.42 Å². The van der Waals surface area contributed by atoms with Gasteiger partial charge in [0.2, 0.25) is 0 Å². The van der Waals surface area contributed by atoms with Gasteiger partial charge in [0, 0.05) is 6.42 Å². The van der Waals surface area contributed by atoms with Crippen molar-refractivity contribution in [3.8, 4) is 11.5 Å². The molecule has 21 heavy (non-hydrogen) atoms. The first-order valence-electron chi connectivity index (χ1n) is 6.74. The second-order valence-corrected chi connectivity index (χ2v) is 4.65. The molecule has 4 nitrogen and oxygen atoms in total. The van der Waals surface area contributed by atoms with E-state index in [0.717, 1.165) is 11.1 Å². The Bertz CT molecular complexity index is 593. The van der Waals surface area contributed by atoms with Crippen LogP contribution in [0.15, 0.2) is 48.5 Å². The van der Waals surface area contributed by atoms with Crippen molar-refractivity contribution in [1.29, 1.82) is 0 Å². The zero-order chi connectivity index (χ0) is 15.1. The Hall–Kier alpha value is -2.49. The Balaban J connectivity index is 2.04. The summed E-state index contributed by atoms with van der Waals surface area (Å²) in [5.41, 5.74) is 2.00. The van der Waals surface area contributed by atoms with Crippen molar-refractivity contribution in [3.63, 3.8) is 0 Å². The predicted octanol–water partition coefficient (Wildman–Crippen LogP) is 3.29. The van der Waals surface area contributed by atoms with Gasteiger partial charge in [0.05, 0.1) is 7.11 Å². The van der Waals surface area contributed by atoms with E-state index in [9.17, 15) is 4.79 Å². The zero-order valence-electron chi connectivity index (χ0n) is 11.9. The summed E-state index contributed by atoms with van der Waals surface area (Å²) in [6.45, 7) is 0.464. The molecule has 0 saturated carbocycles. The topological polar surface area (TPSA) is 55.8 Å². The zero-order valence-corrected chi connectivity index (χ0v) is 11.9. The molecule has 0 aliphatic heterocycles. The maximum Gasteiger partial charge on any atom is 0.303 e. The second-order valence-electron chi connectivity index (χ2n) is 4.65. The van der Waals surface area contributed by atoms with Crippen molar-refractivity contribution in [1.82, 2.24) is 0 Å². The van der Waals surface area contributed by atoms with Crippen LogP contribution < -0.4 is 9.47 Å². The second kappa shape index (κ2) is 7.33. The summed E-state index contributed by atoms with van der Waals surface area (Å²) in [4.78, 5) is 10.6. The number of carboxylic acid groups (broad SMARTS) is 1. The van der Waals surface area contributed by atoms with Crippen LogP contribution in [0.5, 0.6) is 11.5 Å². The van der Waals surface area contributed by atoms with Gasteiger partial charge in [-0.25, -0.2) is 0 Å². The average molecular weight is 286 g/mol. The van der Waals surface area contributed by atoms with Crippen LogP contribution in [0.1, 0.15) is 17.5 Å². The standard InChI is InChI=1S/C17H18O4/c1-20-16-11-13(8-10-17(18)19)7-9-15(16)21-12-14-5-3-2-4-6-14/h2-7,9,11H,8,10,12H2,1H3,(H,18,19). The predicted molar refractivity (Wildman–Crippen MR) is 79.7 cm³/mol. The van der Waals surface area contributed by atoms with Crippen LogP contribution in [0.4, 0.5) is 0 Å². The molecule has 0 spiro atoms. The third-order valence-electron chi connectivity index (χ3n) is 3.09.